The maximum Gasteiger partial charge on any atom is 0.0115 e. The van der Waals surface area contributed by atoms with Gasteiger partial charge in [-0.15, -0.1) is 12.3 Å². The van der Waals surface area contributed by atoms with E-state index in [9.17, 15) is 0 Å². The van der Waals surface area contributed by atoms with Crippen LogP contribution in [-0.2, 0) is 0 Å². The molecule has 0 saturated carbocycles. The van der Waals surface area contributed by atoms with E-state index in [0.717, 1.165) is 13.0 Å². The molecule has 0 aliphatic carbocycles. The fourth-order valence-corrected chi connectivity index (χ4v) is 1.84. The predicted molar refractivity (Wildman–Crippen MR) is 68.8 cm³/mol. The minimum atomic E-state index is 0.363. The first-order valence-electron chi connectivity index (χ1n) is 6.19. The van der Waals surface area contributed by atoms with E-state index in [1.165, 1.54) is 25.7 Å². The van der Waals surface area contributed by atoms with Crippen molar-refractivity contribution in [3.05, 3.63) is 0 Å². The first-order chi connectivity index (χ1) is 7.02. The largest absolute Gasteiger partial charge is 0.314 e. The molecule has 0 spiro atoms. The summed E-state index contributed by atoms with van der Waals surface area (Å²) in [6.07, 6.45) is 11.2. The van der Waals surface area contributed by atoms with Gasteiger partial charge in [-0.2, -0.15) is 0 Å². The van der Waals surface area contributed by atoms with Crippen molar-refractivity contribution < 1.29 is 0 Å². The molecule has 1 atom stereocenters. The Morgan fingerprint density at radius 2 is 1.87 bits per heavy atom. The molecular weight excluding hydrogens is 182 g/mol. The highest BCUT2D eigenvalue weighted by Gasteiger charge is 2.22. The molecule has 0 rings (SSSR count). The minimum absolute atomic E-state index is 0.363. The van der Waals surface area contributed by atoms with Crippen molar-refractivity contribution in [1.82, 2.24) is 5.32 Å². The number of rotatable bonds is 7. The molecule has 0 amide bonds. The molecule has 0 aromatic carbocycles. The van der Waals surface area contributed by atoms with Gasteiger partial charge in [0.15, 0.2) is 0 Å². The molecule has 0 radical (unpaired) electrons. The van der Waals surface area contributed by atoms with Crippen molar-refractivity contribution in [2.75, 3.05) is 6.54 Å². The lowest BCUT2D eigenvalue weighted by Gasteiger charge is -2.31. The average molecular weight is 209 g/mol. The summed E-state index contributed by atoms with van der Waals surface area (Å²) < 4.78 is 0. The van der Waals surface area contributed by atoms with E-state index in [4.69, 9.17) is 6.42 Å². The Hall–Kier alpha value is -0.480. The van der Waals surface area contributed by atoms with Gasteiger partial charge in [-0.25, -0.2) is 0 Å². The first-order valence-corrected chi connectivity index (χ1v) is 6.19. The quantitative estimate of drug-likeness (QED) is 0.499. The molecule has 1 nitrogen and oxygen atoms in total. The lowest BCUT2D eigenvalue weighted by Crippen LogP contribution is -2.40. The highest BCUT2D eigenvalue weighted by Crippen LogP contribution is 2.23. The van der Waals surface area contributed by atoms with Crippen molar-refractivity contribution in [1.29, 1.82) is 0 Å². The van der Waals surface area contributed by atoms with E-state index in [2.05, 4.69) is 38.9 Å². The fourth-order valence-electron chi connectivity index (χ4n) is 1.84. The Morgan fingerprint density at radius 3 is 2.33 bits per heavy atom. The molecule has 1 N–H and O–H groups in total. The van der Waals surface area contributed by atoms with Crippen molar-refractivity contribution in [3.63, 3.8) is 0 Å². The summed E-state index contributed by atoms with van der Waals surface area (Å²) in [5.74, 6) is 2.70. The van der Waals surface area contributed by atoms with Gasteiger partial charge in [0.25, 0.3) is 0 Å². The van der Waals surface area contributed by atoms with Gasteiger partial charge in [-0.1, -0.05) is 40.5 Å². The minimum Gasteiger partial charge on any atom is -0.314 e. The molecule has 0 aliphatic rings. The molecular formula is C14H27N. The maximum absolute atomic E-state index is 5.23. The predicted octanol–water partition coefficient (Wildman–Crippen LogP) is 3.59. The molecule has 0 fully saturated rings. The van der Waals surface area contributed by atoms with Gasteiger partial charge < -0.3 is 5.32 Å². The first kappa shape index (κ1) is 14.5. The summed E-state index contributed by atoms with van der Waals surface area (Å²) in [6.45, 7) is 10.2. The molecule has 0 aliphatic heterocycles. The summed E-state index contributed by atoms with van der Waals surface area (Å²) in [6, 6.07) is 0.633. The Balaban J connectivity index is 3.73. The zero-order chi connectivity index (χ0) is 11.7. The molecule has 0 aromatic rings. The third-order valence-corrected chi connectivity index (χ3v) is 2.81. The van der Waals surface area contributed by atoms with E-state index in [-0.39, 0.29) is 0 Å². The van der Waals surface area contributed by atoms with Crippen LogP contribution < -0.4 is 5.32 Å². The average Bonchev–Trinajstić information content (AvgIpc) is 2.14. The van der Waals surface area contributed by atoms with Gasteiger partial charge in [-0.05, 0) is 24.8 Å². The van der Waals surface area contributed by atoms with Crippen LogP contribution in [0.3, 0.4) is 0 Å². The summed E-state index contributed by atoms with van der Waals surface area (Å²) in [5.41, 5.74) is 0.363. The fraction of sp³-hybridized carbons (Fsp3) is 0.857. The zero-order valence-electron chi connectivity index (χ0n) is 10.9. The van der Waals surface area contributed by atoms with Crippen LogP contribution >= 0.6 is 0 Å². The lowest BCUT2D eigenvalue weighted by molar-refractivity contribution is 0.252. The van der Waals surface area contributed by atoms with Gasteiger partial charge >= 0.3 is 0 Å². The number of hydrogen-bond donors (Lipinski definition) is 1. The third-order valence-electron chi connectivity index (χ3n) is 2.81. The molecule has 0 heterocycles. The monoisotopic (exact) mass is 209 g/mol. The molecule has 0 saturated heterocycles. The van der Waals surface area contributed by atoms with E-state index < -0.39 is 0 Å². The summed E-state index contributed by atoms with van der Waals surface area (Å²) >= 11 is 0. The van der Waals surface area contributed by atoms with Crippen molar-refractivity contribution in [3.8, 4) is 12.3 Å². The standard InChI is InChI=1S/C14H27N/c1-6-8-9-10-11-12-13(15-7-2)14(3,4)5/h1,13,15H,7-12H2,2-5H3. The molecule has 1 heteroatoms. The molecule has 0 aromatic heterocycles. The van der Waals surface area contributed by atoms with Crippen LogP contribution in [0.5, 0.6) is 0 Å². The van der Waals surface area contributed by atoms with Gasteiger partial charge in [0, 0.05) is 12.5 Å². The summed E-state index contributed by atoms with van der Waals surface area (Å²) in [5, 5.41) is 3.57. The van der Waals surface area contributed by atoms with Crippen LogP contribution in [0.15, 0.2) is 0 Å². The Bertz CT molecular complexity index is 182. The lowest BCUT2D eigenvalue weighted by atomic mass is 9.83. The summed E-state index contributed by atoms with van der Waals surface area (Å²) in [7, 11) is 0. The van der Waals surface area contributed by atoms with Crippen LogP contribution in [-0.4, -0.2) is 12.6 Å². The van der Waals surface area contributed by atoms with E-state index in [1.807, 2.05) is 0 Å². The van der Waals surface area contributed by atoms with E-state index in [0.29, 0.717) is 11.5 Å². The van der Waals surface area contributed by atoms with Crippen LogP contribution in [0, 0.1) is 17.8 Å². The van der Waals surface area contributed by atoms with Gasteiger partial charge in [0.1, 0.15) is 0 Å². The number of unbranched alkanes of at least 4 members (excludes halogenated alkanes) is 3. The smallest absolute Gasteiger partial charge is 0.0115 e. The maximum atomic E-state index is 5.23. The molecule has 15 heavy (non-hydrogen) atoms. The van der Waals surface area contributed by atoms with Crippen LogP contribution in [0.25, 0.3) is 0 Å². The van der Waals surface area contributed by atoms with Crippen LogP contribution in [0.2, 0.25) is 0 Å². The summed E-state index contributed by atoms with van der Waals surface area (Å²) in [4.78, 5) is 0. The van der Waals surface area contributed by atoms with Gasteiger partial charge in [0.2, 0.25) is 0 Å². The van der Waals surface area contributed by atoms with Crippen LogP contribution in [0.4, 0.5) is 0 Å². The zero-order valence-corrected chi connectivity index (χ0v) is 10.9. The third kappa shape index (κ3) is 7.45. The highest BCUT2D eigenvalue weighted by molar-refractivity contribution is 4.83. The second-order valence-corrected chi connectivity index (χ2v) is 5.28. The van der Waals surface area contributed by atoms with Crippen molar-refractivity contribution in [2.24, 2.45) is 5.41 Å². The van der Waals surface area contributed by atoms with Crippen molar-refractivity contribution in [2.45, 2.75) is 65.8 Å². The van der Waals surface area contributed by atoms with E-state index in [1.54, 1.807) is 0 Å². The van der Waals surface area contributed by atoms with E-state index >= 15 is 0 Å². The van der Waals surface area contributed by atoms with Crippen LogP contribution in [0.1, 0.15) is 59.8 Å². The van der Waals surface area contributed by atoms with Gasteiger partial charge in [0.05, 0.1) is 0 Å². The molecule has 88 valence electrons. The van der Waals surface area contributed by atoms with Crippen molar-refractivity contribution >= 4 is 0 Å². The number of terminal acetylenes is 1. The number of nitrogens with one attached hydrogen (secondary N) is 1. The normalized spacial score (nSPS) is 13.5. The Morgan fingerprint density at radius 1 is 1.20 bits per heavy atom. The second kappa shape index (κ2) is 7.77. The second-order valence-electron chi connectivity index (χ2n) is 5.28. The van der Waals surface area contributed by atoms with Gasteiger partial charge in [-0.3, -0.25) is 0 Å². The SMILES string of the molecule is C#CCCCCCC(NCC)C(C)(C)C. The molecule has 1 unspecified atom stereocenters. The highest BCUT2D eigenvalue weighted by atomic mass is 14.9. The molecule has 0 bridgehead atoms. The topological polar surface area (TPSA) is 12.0 Å². The Labute approximate surface area is 96.0 Å². The Kier molecular flexibility index (Phi) is 7.52. The number of hydrogen-bond acceptors (Lipinski definition) is 1.